The summed E-state index contributed by atoms with van der Waals surface area (Å²) in [7, 11) is 0. The van der Waals surface area contributed by atoms with Gasteiger partial charge in [-0.2, -0.15) is 0 Å². The molecule has 1 atom stereocenters. The van der Waals surface area contributed by atoms with E-state index >= 15 is 0 Å². The second-order valence-electron chi connectivity index (χ2n) is 7.97. The first kappa shape index (κ1) is 22.5. The third-order valence-electron chi connectivity index (χ3n) is 4.67. The van der Waals surface area contributed by atoms with Crippen LogP contribution in [0.1, 0.15) is 25.0 Å². The third-order valence-corrected chi connectivity index (χ3v) is 5.93. The zero-order chi connectivity index (χ0) is 21.8. The molecule has 30 heavy (non-hydrogen) atoms. The number of carboxylic acids is 1. The van der Waals surface area contributed by atoms with Crippen molar-refractivity contribution < 1.29 is 28.8 Å². The molecule has 0 aromatic heterocycles. The molecule has 0 spiro atoms. The monoisotopic (exact) mass is 432 g/mol. The Morgan fingerprint density at radius 2 is 1.87 bits per heavy atom. The van der Waals surface area contributed by atoms with Gasteiger partial charge in [-0.25, -0.2) is 4.79 Å². The van der Waals surface area contributed by atoms with Gasteiger partial charge in [-0.05, 0) is 63.6 Å². The van der Waals surface area contributed by atoms with Gasteiger partial charge in [0.2, 0.25) is 0 Å². The van der Waals surface area contributed by atoms with Crippen molar-refractivity contribution in [1.29, 1.82) is 0 Å². The van der Waals surface area contributed by atoms with E-state index in [0.717, 1.165) is 16.2 Å². The van der Waals surface area contributed by atoms with E-state index in [-0.39, 0.29) is 6.61 Å². The minimum absolute atomic E-state index is 0.354. The molecule has 1 aliphatic rings. The lowest BCUT2D eigenvalue weighted by Crippen LogP contribution is -2.43. The lowest BCUT2D eigenvalue weighted by atomic mass is 10.1. The van der Waals surface area contributed by atoms with Gasteiger partial charge in [-0.3, -0.25) is 0 Å². The molecule has 1 heterocycles. The van der Waals surface area contributed by atoms with Crippen LogP contribution in [0.3, 0.4) is 0 Å². The van der Waals surface area contributed by atoms with E-state index in [4.69, 9.17) is 24.1 Å². The van der Waals surface area contributed by atoms with Gasteiger partial charge in [0.1, 0.15) is 23.7 Å². The summed E-state index contributed by atoms with van der Waals surface area (Å²) < 4.78 is 23.5. The Bertz CT molecular complexity index is 880. The summed E-state index contributed by atoms with van der Waals surface area (Å²) >= 11 is 1.65. The molecule has 1 unspecified atom stereocenters. The molecule has 162 valence electrons. The number of aliphatic carboxylic acids is 1. The van der Waals surface area contributed by atoms with Gasteiger partial charge in [0.25, 0.3) is 0 Å². The summed E-state index contributed by atoms with van der Waals surface area (Å²) in [5.41, 5.74) is 1.49. The molecule has 0 bridgehead atoms. The Hall–Kier alpha value is -2.22. The zero-order valence-corrected chi connectivity index (χ0v) is 18.6. The zero-order valence-electron chi connectivity index (χ0n) is 17.8. The van der Waals surface area contributed by atoms with Crippen molar-refractivity contribution in [1.82, 2.24) is 0 Å². The van der Waals surface area contributed by atoms with E-state index in [1.165, 1.54) is 5.56 Å². The largest absolute Gasteiger partial charge is 0.490 e. The molecule has 0 saturated carbocycles. The highest BCUT2D eigenvalue weighted by molar-refractivity contribution is 7.99. The average molecular weight is 433 g/mol. The van der Waals surface area contributed by atoms with Crippen molar-refractivity contribution in [2.45, 2.75) is 44.0 Å². The van der Waals surface area contributed by atoms with E-state index in [1.807, 2.05) is 64.1 Å². The van der Waals surface area contributed by atoms with Crippen LogP contribution in [0.2, 0.25) is 0 Å². The van der Waals surface area contributed by atoms with Crippen LogP contribution in [0.25, 0.3) is 0 Å². The fourth-order valence-corrected chi connectivity index (χ4v) is 4.23. The van der Waals surface area contributed by atoms with Crippen LogP contribution in [0.15, 0.2) is 47.4 Å². The predicted molar refractivity (Wildman–Crippen MR) is 116 cm³/mol. The SMILES string of the molecule is Cc1ccc(OCC2(CSc3ccc(OCC(=O)O)c(C)c3)COC(C)(C)O2)cc1. The lowest BCUT2D eigenvalue weighted by molar-refractivity contribution is -0.161. The second kappa shape index (κ2) is 9.29. The van der Waals surface area contributed by atoms with Crippen molar-refractivity contribution in [3.05, 3.63) is 53.6 Å². The van der Waals surface area contributed by atoms with E-state index in [0.29, 0.717) is 24.7 Å². The number of hydrogen-bond acceptors (Lipinski definition) is 6. The number of carbonyl (C=O) groups is 1. The molecule has 0 aliphatic carbocycles. The molecule has 1 fully saturated rings. The molecular weight excluding hydrogens is 404 g/mol. The maximum Gasteiger partial charge on any atom is 0.341 e. The van der Waals surface area contributed by atoms with Crippen LogP contribution in [0, 0.1) is 13.8 Å². The predicted octanol–water partition coefficient (Wildman–Crippen LogP) is 4.46. The van der Waals surface area contributed by atoms with Crippen LogP contribution in [0.4, 0.5) is 0 Å². The topological polar surface area (TPSA) is 74.2 Å². The number of carboxylic acid groups (broad SMARTS) is 1. The fourth-order valence-electron chi connectivity index (χ4n) is 3.15. The molecule has 7 heteroatoms. The van der Waals surface area contributed by atoms with Crippen LogP contribution >= 0.6 is 11.8 Å². The highest BCUT2D eigenvalue weighted by Gasteiger charge is 2.46. The van der Waals surface area contributed by atoms with Crippen molar-refractivity contribution in [2.24, 2.45) is 0 Å². The fraction of sp³-hybridized carbons (Fsp3) is 0.435. The van der Waals surface area contributed by atoms with Gasteiger partial charge >= 0.3 is 5.97 Å². The number of benzene rings is 2. The van der Waals surface area contributed by atoms with Crippen LogP contribution in [-0.4, -0.2) is 48.0 Å². The molecule has 2 aromatic rings. The summed E-state index contributed by atoms with van der Waals surface area (Å²) in [5, 5.41) is 8.78. The summed E-state index contributed by atoms with van der Waals surface area (Å²) in [4.78, 5) is 11.7. The molecule has 1 saturated heterocycles. The molecule has 0 radical (unpaired) electrons. The van der Waals surface area contributed by atoms with Gasteiger partial charge in [-0.15, -0.1) is 11.8 Å². The van der Waals surface area contributed by atoms with E-state index < -0.39 is 17.4 Å². The van der Waals surface area contributed by atoms with Crippen molar-refractivity contribution in [3.63, 3.8) is 0 Å². The highest BCUT2D eigenvalue weighted by atomic mass is 32.2. The van der Waals surface area contributed by atoms with Crippen molar-refractivity contribution in [2.75, 3.05) is 25.6 Å². The summed E-state index contributed by atoms with van der Waals surface area (Å²) in [6.07, 6.45) is 0. The Morgan fingerprint density at radius 1 is 1.13 bits per heavy atom. The maximum absolute atomic E-state index is 10.7. The summed E-state index contributed by atoms with van der Waals surface area (Å²) in [5.74, 6) is 0.359. The maximum atomic E-state index is 10.7. The summed E-state index contributed by atoms with van der Waals surface area (Å²) in [6.45, 7) is 8.22. The third kappa shape index (κ3) is 6.14. The lowest BCUT2D eigenvalue weighted by Gasteiger charge is -2.29. The van der Waals surface area contributed by atoms with Gasteiger partial charge < -0.3 is 24.1 Å². The van der Waals surface area contributed by atoms with Crippen LogP contribution < -0.4 is 9.47 Å². The molecule has 0 amide bonds. The number of ether oxygens (including phenoxy) is 4. The molecule has 6 nitrogen and oxygen atoms in total. The molecule has 1 N–H and O–H groups in total. The number of rotatable bonds is 9. The van der Waals surface area contributed by atoms with Crippen molar-refractivity contribution in [3.8, 4) is 11.5 Å². The Morgan fingerprint density at radius 3 is 2.47 bits per heavy atom. The normalized spacial score (nSPS) is 20.1. The Kier molecular flexibility index (Phi) is 6.95. The van der Waals surface area contributed by atoms with Crippen LogP contribution in [-0.2, 0) is 14.3 Å². The Balaban J connectivity index is 1.66. The molecule has 3 rings (SSSR count). The quantitative estimate of drug-likeness (QED) is 0.587. The van der Waals surface area contributed by atoms with E-state index in [9.17, 15) is 4.79 Å². The number of aryl methyl sites for hydroxylation is 2. The van der Waals surface area contributed by atoms with Gasteiger partial charge in [0.05, 0.1) is 6.61 Å². The van der Waals surface area contributed by atoms with Crippen LogP contribution in [0.5, 0.6) is 11.5 Å². The van der Waals surface area contributed by atoms with E-state index in [1.54, 1.807) is 17.8 Å². The first-order chi connectivity index (χ1) is 14.2. The molecule has 1 aliphatic heterocycles. The minimum atomic E-state index is -0.996. The smallest absolute Gasteiger partial charge is 0.341 e. The van der Waals surface area contributed by atoms with Gasteiger partial charge in [-0.1, -0.05) is 17.7 Å². The second-order valence-corrected chi connectivity index (χ2v) is 9.02. The molecular formula is C23H28O6S. The minimum Gasteiger partial charge on any atom is -0.490 e. The summed E-state index contributed by atoms with van der Waals surface area (Å²) in [6, 6.07) is 13.6. The van der Waals surface area contributed by atoms with Crippen molar-refractivity contribution >= 4 is 17.7 Å². The molecule has 2 aromatic carbocycles. The highest BCUT2D eigenvalue weighted by Crippen LogP contribution is 2.37. The standard InChI is InChI=1S/C23H28O6S/c1-16-5-7-18(8-6-16)27-13-23(14-28-22(3,4)29-23)15-30-19-9-10-20(17(2)11-19)26-12-21(24)25/h5-11H,12-15H2,1-4H3,(H,24,25). The van der Waals surface area contributed by atoms with Gasteiger partial charge in [0, 0.05) is 10.6 Å². The average Bonchev–Trinajstić information content (AvgIpc) is 3.00. The Labute approximate surface area is 181 Å². The first-order valence-corrected chi connectivity index (χ1v) is 10.8. The number of hydrogen-bond donors (Lipinski definition) is 1. The van der Waals surface area contributed by atoms with Gasteiger partial charge in [0.15, 0.2) is 12.4 Å². The first-order valence-electron chi connectivity index (χ1n) is 9.78. The number of thioether (sulfide) groups is 1. The van der Waals surface area contributed by atoms with E-state index in [2.05, 4.69) is 0 Å².